The summed E-state index contributed by atoms with van der Waals surface area (Å²) >= 11 is 0. The third-order valence-electron chi connectivity index (χ3n) is 3.11. The number of nitrogens with one attached hydrogen (secondary N) is 1. The topological polar surface area (TPSA) is 36.8 Å². The second-order valence-electron chi connectivity index (χ2n) is 4.08. The van der Waals surface area contributed by atoms with Crippen LogP contribution in [0.3, 0.4) is 0 Å². The molecule has 0 aliphatic carbocycles. The molecule has 0 amide bonds. The van der Waals surface area contributed by atoms with Gasteiger partial charge >= 0.3 is 0 Å². The molecule has 1 N–H and O–H groups in total. The average molecular weight is 151 g/mol. The number of piperidine rings is 2. The lowest BCUT2D eigenvalue weighted by atomic mass is 9.82. The third-order valence-corrected chi connectivity index (χ3v) is 3.11. The standard InChI is InChI=1S/C8H13N3/c1-2-6-4-8(10-11-8)5-7(3-1)9-6/h6-7,9H,1-5H2. The largest absolute Gasteiger partial charge is 0.311 e. The monoisotopic (exact) mass is 151 g/mol. The van der Waals surface area contributed by atoms with E-state index < -0.39 is 0 Å². The fourth-order valence-electron chi connectivity index (χ4n) is 2.54. The van der Waals surface area contributed by atoms with Crippen molar-refractivity contribution in [3.05, 3.63) is 0 Å². The Kier molecular flexibility index (Phi) is 1.02. The van der Waals surface area contributed by atoms with Gasteiger partial charge in [0.2, 0.25) is 0 Å². The molecule has 3 rings (SSSR count). The Bertz CT molecular complexity index is 191. The smallest absolute Gasteiger partial charge is 0.193 e. The van der Waals surface area contributed by atoms with Gasteiger partial charge in [0.25, 0.3) is 0 Å². The van der Waals surface area contributed by atoms with Crippen LogP contribution in [0.15, 0.2) is 10.2 Å². The van der Waals surface area contributed by atoms with Crippen molar-refractivity contribution in [3.63, 3.8) is 0 Å². The number of fused-ring (bicyclic) bond motifs is 2. The van der Waals surface area contributed by atoms with Crippen molar-refractivity contribution in [2.45, 2.75) is 49.9 Å². The van der Waals surface area contributed by atoms with Crippen molar-refractivity contribution in [3.8, 4) is 0 Å². The van der Waals surface area contributed by atoms with Crippen LogP contribution in [0.25, 0.3) is 0 Å². The first-order chi connectivity index (χ1) is 5.36. The molecule has 0 aromatic carbocycles. The molecule has 0 saturated carbocycles. The molecule has 2 bridgehead atoms. The molecule has 2 unspecified atom stereocenters. The summed E-state index contributed by atoms with van der Waals surface area (Å²) in [6.45, 7) is 0. The Morgan fingerprint density at radius 3 is 2.27 bits per heavy atom. The molecule has 2 atom stereocenters. The first-order valence-electron chi connectivity index (χ1n) is 4.56. The second kappa shape index (κ2) is 1.83. The number of hydrogen-bond donors (Lipinski definition) is 1. The van der Waals surface area contributed by atoms with Gasteiger partial charge in [0, 0.05) is 24.9 Å². The van der Waals surface area contributed by atoms with Gasteiger partial charge in [-0.25, -0.2) is 0 Å². The maximum Gasteiger partial charge on any atom is 0.193 e. The van der Waals surface area contributed by atoms with Crippen LogP contribution in [0.2, 0.25) is 0 Å². The van der Waals surface area contributed by atoms with Gasteiger partial charge in [0.05, 0.1) is 0 Å². The van der Waals surface area contributed by atoms with E-state index in [1.165, 1.54) is 32.1 Å². The fraction of sp³-hybridized carbons (Fsp3) is 1.00. The molecule has 2 saturated heterocycles. The van der Waals surface area contributed by atoms with Crippen LogP contribution in [0.1, 0.15) is 32.1 Å². The Balaban J connectivity index is 1.79. The lowest BCUT2D eigenvalue weighted by Crippen LogP contribution is -2.51. The minimum atomic E-state index is 0.112. The summed E-state index contributed by atoms with van der Waals surface area (Å²) in [6.07, 6.45) is 6.41. The predicted molar refractivity (Wildman–Crippen MR) is 41.4 cm³/mol. The Labute approximate surface area is 66.3 Å². The van der Waals surface area contributed by atoms with E-state index >= 15 is 0 Å². The summed E-state index contributed by atoms with van der Waals surface area (Å²) < 4.78 is 0. The van der Waals surface area contributed by atoms with Gasteiger partial charge in [-0.2, -0.15) is 10.2 Å². The van der Waals surface area contributed by atoms with E-state index in [2.05, 4.69) is 15.5 Å². The van der Waals surface area contributed by atoms with Crippen LogP contribution >= 0.6 is 0 Å². The summed E-state index contributed by atoms with van der Waals surface area (Å²) in [6, 6.07) is 1.44. The minimum Gasteiger partial charge on any atom is -0.311 e. The van der Waals surface area contributed by atoms with E-state index in [9.17, 15) is 0 Å². The molecule has 60 valence electrons. The molecular weight excluding hydrogens is 138 g/mol. The lowest BCUT2D eigenvalue weighted by molar-refractivity contribution is 0.202. The van der Waals surface area contributed by atoms with Crippen LogP contribution in [-0.4, -0.2) is 17.7 Å². The average Bonchev–Trinajstić information content (AvgIpc) is 2.68. The summed E-state index contributed by atoms with van der Waals surface area (Å²) in [5.41, 5.74) is 0.112. The highest BCUT2D eigenvalue weighted by molar-refractivity contribution is 5.05. The van der Waals surface area contributed by atoms with Crippen molar-refractivity contribution in [1.82, 2.24) is 5.32 Å². The Morgan fingerprint density at radius 1 is 1.09 bits per heavy atom. The van der Waals surface area contributed by atoms with Gasteiger partial charge in [0.15, 0.2) is 5.66 Å². The Hall–Kier alpha value is -0.440. The van der Waals surface area contributed by atoms with Crippen molar-refractivity contribution < 1.29 is 0 Å². The number of rotatable bonds is 0. The van der Waals surface area contributed by atoms with E-state index in [0.717, 1.165) is 12.1 Å². The molecule has 0 aromatic rings. The number of hydrogen-bond acceptors (Lipinski definition) is 3. The molecular formula is C8H13N3. The maximum atomic E-state index is 4.16. The second-order valence-corrected chi connectivity index (χ2v) is 4.08. The quantitative estimate of drug-likeness (QED) is 0.559. The molecule has 1 spiro atoms. The third kappa shape index (κ3) is 0.906. The van der Waals surface area contributed by atoms with Gasteiger partial charge < -0.3 is 5.32 Å². The van der Waals surface area contributed by atoms with Gasteiger partial charge in [-0.3, -0.25) is 0 Å². The van der Waals surface area contributed by atoms with Crippen molar-refractivity contribution in [2.24, 2.45) is 10.2 Å². The predicted octanol–water partition coefficient (Wildman–Crippen LogP) is 1.45. The van der Waals surface area contributed by atoms with E-state index in [1.54, 1.807) is 0 Å². The highest BCUT2D eigenvalue weighted by Gasteiger charge is 2.48. The zero-order valence-corrected chi connectivity index (χ0v) is 6.58. The van der Waals surface area contributed by atoms with E-state index in [1.807, 2.05) is 0 Å². The normalized spacial score (nSPS) is 44.4. The van der Waals surface area contributed by atoms with Crippen LogP contribution in [0.4, 0.5) is 0 Å². The lowest BCUT2D eigenvalue weighted by Gasteiger charge is -2.38. The fourth-order valence-corrected chi connectivity index (χ4v) is 2.54. The van der Waals surface area contributed by atoms with Crippen molar-refractivity contribution in [2.75, 3.05) is 0 Å². The van der Waals surface area contributed by atoms with Crippen LogP contribution in [-0.2, 0) is 0 Å². The highest BCUT2D eigenvalue weighted by atomic mass is 15.4. The molecule has 11 heavy (non-hydrogen) atoms. The molecule has 3 aliphatic heterocycles. The molecule has 3 heteroatoms. The first-order valence-corrected chi connectivity index (χ1v) is 4.56. The van der Waals surface area contributed by atoms with Gasteiger partial charge in [-0.05, 0) is 12.8 Å². The minimum absolute atomic E-state index is 0.112. The summed E-state index contributed by atoms with van der Waals surface area (Å²) in [7, 11) is 0. The molecule has 0 radical (unpaired) electrons. The van der Waals surface area contributed by atoms with Gasteiger partial charge in [0.1, 0.15) is 0 Å². The molecule has 3 aliphatic rings. The molecule has 0 aromatic heterocycles. The molecule has 3 nitrogen and oxygen atoms in total. The van der Waals surface area contributed by atoms with Crippen molar-refractivity contribution in [1.29, 1.82) is 0 Å². The maximum absolute atomic E-state index is 4.16. The molecule has 2 fully saturated rings. The van der Waals surface area contributed by atoms with Crippen LogP contribution < -0.4 is 5.32 Å². The molecule has 3 heterocycles. The zero-order chi connectivity index (χ0) is 7.31. The van der Waals surface area contributed by atoms with Crippen LogP contribution in [0, 0.1) is 0 Å². The van der Waals surface area contributed by atoms with Gasteiger partial charge in [-0.15, -0.1) is 0 Å². The summed E-state index contributed by atoms with van der Waals surface area (Å²) in [5.74, 6) is 0. The van der Waals surface area contributed by atoms with E-state index in [-0.39, 0.29) is 5.66 Å². The van der Waals surface area contributed by atoms with Gasteiger partial charge in [-0.1, -0.05) is 6.42 Å². The van der Waals surface area contributed by atoms with E-state index in [0.29, 0.717) is 0 Å². The van der Waals surface area contributed by atoms with Crippen LogP contribution in [0.5, 0.6) is 0 Å². The van der Waals surface area contributed by atoms with Crippen molar-refractivity contribution >= 4 is 0 Å². The summed E-state index contributed by atoms with van der Waals surface area (Å²) in [5, 5.41) is 12.0. The highest BCUT2D eigenvalue weighted by Crippen LogP contribution is 2.43. The number of nitrogens with zero attached hydrogens (tertiary/aromatic N) is 2. The SMILES string of the molecule is C1CC2CC3(CC(C1)N2)N=N3. The summed E-state index contributed by atoms with van der Waals surface area (Å²) in [4.78, 5) is 0. The van der Waals surface area contributed by atoms with E-state index in [4.69, 9.17) is 0 Å². The Morgan fingerprint density at radius 2 is 1.73 bits per heavy atom. The first kappa shape index (κ1) is 6.12. The zero-order valence-electron chi connectivity index (χ0n) is 6.58.